The second kappa shape index (κ2) is 9.15. The molecule has 1 amide bonds. The second-order valence-electron chi connectivity index (χ2n) is 7.85. The number of carbonyl (C=O) groups is 1. The summed E-state index contributed by atoms with van der Waals surface area (Å²) in [7, 11) is 1.93. The molecule has 0 radical (unpaired) electrons. The third kappa shape index (κ3) is 5.19. The zero-order chi connectivity index (χ0) is 21.0. The van der Waals surface area contributed by atoms with E-state index in [1.807, 2.05) is 11.9 Å². The maximum absolute atomic E-state index is 13.2. The molecule has 3 rings (SSSR count). The van der Waals surface area contributed by atoms with Crippen molar-refractivity contribution in [3.8, 4) is 0 Å². The molecular weight excluding hydrogens is 373 g/mol. The van der Waals surface area contributed by atoms with E-state index in [9.17, 15) is 14.0 Å². The van der Waals surface area contributed by atoms with Crippen LogP contribution in [0.1, 0.15) is 44.7 Å². The van der Waals surface area contributed by atoms with Crippen LogP contribution in [0.3, 0.4) is 0 Å². The van der Waals surface area contributed by atoms with E-state index in [2.05, 4.69) is 23.9 Å². The first-order valence-electron chi connectivity index (χ1n) is 10.0. The lowest BCUT2D eigenvalue weighted by Crippen LogP contribution is -2.43. The first-order chi connectivity index (χ1) is 13.8. The highest BCUT2D eigenvalue weighted by Gasteiger charge is 2.26. The molecule has 0 bridgehead atoms. The number of hydrogen-bond donors (Lipinski definition) is 0. The van der Waals surface area contributed by atoms with E-state index in [1.54, 1.807) is 23.4 Å². The van der Waals surface area contributed by atoms with Crippen LogP contribution in [-0.2, 0) is 11.2 Å². The van der Waals surface area contributed by atoms with Crippen molar-refractivity contribution >= 4 is 11.6 Å². The van der Waals surface area contributed by atoms with Gasteiger partial charge in [-0.05, 0) is 44.7 Å². The minimum Gasteiger partial charge on any atom is -0.371 e. The Bertz CT molecular complexity index is 914. The highest BCUT2D eigenvalue weighted by atomic mass is 19.1. The molecule has 1 aliphatic rings. The highest BCUT2D eigenvalue weighted by molar-refractivity contribution is 5.76. The molecule has 2 aromatic rings. The SMILES string of the molecule is CC(C)N(C)c1cnn([C@H]2CCCN(C(=O)CCc3cncc(F)c3)C2)c(=O)c1. The lowest BCUT2D eigenvalue weighted by atomic mass is 10.0. The Morgan fingerprint density at radius 3 is 2.79 bits per heavy atom. The number of aromatic nitrogens is 3. The summed E-state index contributed by atoms with van der Waals surface area (Å²) in [6, 6.07) is 3.14. The van der Waals surface area contributed by atoms with Crippen molar-refractivity contribution in [1.29, 1.82) is 0 Å². The Morgan fingerprint density at radius 2 is 2.10 bits per heavy atom. The fourth-order valence-electron chi connectivity index (χ4n) is 3.56. The zero-order valence-corrected chi connectivity index (χ0v) is 17.2. The first kappa shape index (κ1) is 21.0. The normalized spacial score (nSPS) is 16.9. The number of piperidine rings is 1. The molecule has 0 aliphatic carbocycles. The van der Waals surface area contributed by atoms with E-state index in [1.165, 1.54) is 10.7 Å². The van der Waals surface area contributed by atoms with Crippen molar-refractivity contribution in [2.45, 2.75) is 51.6 Å². The summed E-state index contributed by atoms with van der Waals surface area (Å²) >= 11 is 0. The number of amides is 1. The van der Waals surface area contributed by atoms with E-state index >= 15 is 0 Å². The van der Waals surface area contributed by atoms with Gasteiger partial charge >= 0.3 is 0 Å². The van der Waals surface area contributed by atoms with E-state index < -0.39 is 5.82 Å². The third-order valence-corrected chi connectivity index (χ3v) is 5.48. The smallest absolute Gasteiger partial charge is 0.269 e. The van der Waals surface area contributed by atoms with Gasteiger partial charge in [0.1, 0.15) is 5.82 Å². The van der Waals surface area contributed by atoms with Crippen LogP contribution >= 0.6 is 0 Å². The summed E-state index contributed by atoms with van der Waals surface area (Å²) in [6.07, 6.45) is 6.80. The predicted octanol–water partition coefficient (Wildman–Crippen LogP) is 2.42. The average molecular weight is 401 g/mol. The molecule has 7 nitrogen and oxygen atoms in total. The first-order valence-corrected chi connectivity index (χ1v) is 10.0. The van der Waals surface area contributed by atoms with Gasteiger partial charge < -0.3 is 9.80 Å². The minimum absolute atomic E-state index is 0.00294. The molecule has 8 heteroatoms. The van der Waals surface area contributed by atoms with Gasteiger partial charge in [0.15, 0.2) is 0 Å². The summed E-state index contributed by atoms with van der Waals surface area (Å²) in [5.41, 5.74) is 1.34. The molecule has 0 N–H and O–H groups in total. The Labute approximate surface area is 170 Å². The molecule has 3 heterocycles. The third-order valence-electron chi connectivity index (χ3n) is 5.48. The maximum Gasteiger partial charge on any atom is 0.269 e. The van der Waals surface area contributed by atoms with Gasteiger partial charge in [0, 0.05) is 44.9 Å². The number of likely N-dealkylation sites (tertiary alicyclic amines) is 1. The van der Waals surface area contributed by atoms with Gasteiger partial charge in [0.25, 0.3) is 5.56 Å². The highest BCUT2D eigenvalue weighted by Crippen LogP contribution is 2.21. The molecule has 1 atom stereocenters. The number of rotatable bonds is 6. The Balaban J connectivity index is 1.64. The number of hydrogen-bond acceptors (Lipinski definition) is 5. The monoisotopic (exact) mass is 401 g/mol. The van der Waals surface area contributed by atoms with Gasteiger partial charge in [-0.1, -0.05) is 0 Å². The molecule has 1 fully saturated rings. The predicted molar refractivity (Wildman–Crippen MR) is 109 cm³/mol. The van der Waals surface area contributed by atoms with E-state index in [4.69, 9.17) is 0 Å². The summed E-state index contributed by atoms with van der Waals surface area (Å²) in [6.45, 7) is 5.23. The Kier molecular flexibility index (Phi) is 6.61. The zero-order valence-electron chi connectivity index (χ0n) is 17.2. The van der Waals surface area contributed by atoms with Gasteiger partial charge in [-0.25, -0.2) is 9.07 Å². The molecule has 1 saturated heterocycles. The van der Waals surface area contributed by atoms with Crippen LogP contribution in [0, 0.1) is 5.82 Å². The van der Waals surface area contributed by atoms with Crippen molar-refractivity contribution in [2.24, 2.45) is 0 Å². The van der Waals surface area contributed by atoms with Crippen LogP contribution in [-0.4, -0.2) is 51.8 Å². The Morgan fingerprint density at radius 1 is 1.31 bits per heavy atom. The van der Waals surface area contributed by atoms with Gasteiger partial charge in [-0.2, -0.15) is 5.10 Å². The number of pyridine rings is 1. The molecule has 156 valence electrons. The lowest BCUT2D eigenvalue weighted by molar-refractivity contribution is -0.132. The van der Waals surface area contributed by atoms with Crippen LogP contribution in [0.5, 0.6) is 0 Å². The van der Waals surface area contributed by atoms with Crippen LogP contribution in [0.4, 0.5) is 10.1 Å². The summed E-state index contributed by atoms with van der Waals surface area (Å²) < 4.78 is 14.7. The number of nitrogens with zero attached hydrogens (tertiary/aromatic N) is 5. The number of anilines is 1. The second-order valence-corrected chi connectivity index (χ2v) is 7.85. The van der Waals surface area contributed by atoms with Crippen molar-refractivity contribution in [2.75, 3.05) is 25.0 Å². The quantitative estimate of drug-likeness (QED) is 0.743. The molecule has 0 saturated carbocycles. The number of carbonyl (C=O) groups excluding carboxylic acids is 1. The average Bonchev–Trinajstić information content (AvgIpc) is 2.71. The van der Waals surface area contributed by atoms with Gasteiger partial charge in [0.2, 0.25) is 5.91 Å². The number of halogens is 1. The van der Waals surface area contributed by atoms with E-state index in [-0.39, 0.29) is 30.0 Å². The molecule has 2 aromatic heterocycles. The molecule has 0 spiro atoms. The fraction of sp³-hybridized carbons (Fsp3) is 0.524. The minimum atomic E-state index is -0.398. The summed E-state index contributed by atoms with van der Waals surface area (Å²) in [5.74, 6) is -0.395. The molecule has 29 heavy (non-hydrogen) atoms. The van der Waals surface area contributed by atoms with Crippen molar-refractivity contribution in [3.05, 3.63) is 52.5 Å². The van der Waals surface area contributed by atoms with Crippen LogP contribution < -0.4 is 10.5 Å². The lowest BCUT2D eigenvalue weighted by Gasteiger charge is -2.33. The van der Waals surface area contributed by atoms with Gasteiger partial charge in [-0.3, -0.25) is 14.6 Å². The van der Waals surface area contributed by atoms with Crippen molar-refractivity contribution < 1.29 is 9.18 Å². The van der Waals surface area contributed by atoms with Gasteiger partial charge in [-0.15, -0.1) is 0 Å². The summed E-state index contributed by atoms with van der Waals surface area (Å²) in [5, 5.41) is 4.38. The van der Waals surface area contributed by atoms with Crippen molar-refractivity contribution in [3.63, 3.8) is 0 Å². The number of aryl methyl sites for hydroxylation is 1. The largest absolute Gasteiger partial charge is 0.371 e. The summed E-state index contributed by atoms with van der Waals surface area (Å²) in [4.78, 5) is 32.8. The van der Waals surface area contributed by atoms with Crippen LogP contribution in [0.2, 0.25) is 0 Å². The fourth-order valence-corrected chi connectivity index (χ4v) is 3.56. The molecule has 0 unspecified atom stereocenters. The Hall–Kier alpha value is -2.77. The topological polar surface area (TPSA) is 71.3 Å². The maximum atomic E-state index is 13.2. The van der Waals surface area contributed by atoms with Crippen LogP contribution in [0.15, 0.2) is 35.5 Å². The van der Waals surface area contributed by atoms with Crippen molar-refractivity contribution in [1.82, 2.24) is 19.7 Å². The van der Waals surface area contributed by atoms with Crippen LogP contribution in [0.25, 0.3) is 0 Å². The standard InChI is InChI=1S/C21H28FN5O2/c1-15(2)25(3)19-10-21(29)27(24-13-19)18-5-4-8-26(14-18)20(28)7-6-16-9-17(22)12-23-11-16/h9-13,15,18H,4-8,14H2,1-3H3/t18-/m0/s1. The molecular formula is C21H28FN5O2. The van der Waals surface area contributed by atoms with E-state index in [0.717, 1.165) is 24.7 Å². The van der Waals surface area contributed by atoms with Gasteiger partial charge in [0.05, 0.1) is 24.1 Å². The van der Waals surface area contributed by atoms with E-state index in [0.29, 0.717) is 25.1 Å². The molecule has 1 aliphatic heterocycles. The molecule has 0 aromatic carbocycles.